The first kappa shape index (κ1) is 19.3. The number of rotatable bonds is 7. The van der Waals surface area contributed by atoms with Gasteiger partial charge in [-0.25, -0.2) is 0 Å². The van der Waals surface area contributed by atoms with E-state index >= 15 is 0 Å². The molecule has 0 spiro atoms. The normalized spacial score (nSPS) is 10.0. The Kier molecular flexibility index (Phi) is 7.04. The van der Waals surface area contributed by atoms with Crippen molar-refractivity contribution in [3.05, 3.63) is 64.2 Å². The van der Waals surface area contributed by atoms with Crippen molar-refractivity contribution in [2.24, 2.45) is 0 Å². The molecule has 0 bridgehead atoms. The van der Waals surface area contributed by atoms with Gasteiger partial charge < -0.3 is 10.1 Å². The lowest BCUT2D eigenvalue weighted by Gasteiger charge is -2.13. The Morgan fingerprint density at radius 3 is 2.62 bits per heavy atom. The second-order valence-electron chi connectivity index (χ2n) is 5.38. The Morgan fingerprint density at radius 1 is 1.19 bits per heavy atom. The molecule has 0 fully saturated rings. The Bertz CT molecular complexity index is 811. The number of nitro groups is 1. The van der Waals surface area contributed by atoms with E-state index in [9.17, 15) is 14.9 Å². The molecule has 8 heteroatoms. The third-order valence-electron chi connectivity index (χ3n) is 3.46. The van der Waals surface area contributed by atoms with Gasteiger partial charge in [-0.3, -0.25) is 20.2 Å². The van der Waals surface area contributed by atoms with Gasteiger partial charge in [0.15, 0.2) is 5.11 Å². The maximum absolute atomic E-state index is 12.5. The van der Waals surface area contributed by atoms with Crippen LogP contribution in [0.15, 0.2) is 48.5 Å². The second kappa shape index (κ2) is 9.47. The number of amides is 1. The number of thiocarbonyl (C=S) groups is 1. The van der Waals surface area contributed by atoms with E-state index in [0.29, 0.717) is 17.9 Å². The fourth-order valence-electron chi connectivity index (χ4n) is 2.17. The van der Waals surface area contributed by atoms with Crippen molar-refractivity contribution in [3.63, 3.8) is 0 Å². The number of nitrogens with zero attached hydrogens (tertiary/aromatic N) is 1. The van der Waals surface area contributed by atoms with Gasteiger partial charge in [0, 0.05) is 6.07 Å². The predicted octanol–water partition coefficient (Wildman–Crippen LogP) is 3.90. The predicted molar refractivity (Wildman–Crippen MR) is 104 cm³/mol. The van der Waals surface area contributed by atoms with Crippen molar-refractivity contribution >= 4 is 34.6 Å². The van der Waals surface area contributed by atoms with Crippen LogP contribution in [0.1, 0.15) is 30.1 Å². The lowest BCUT2D eigenvalue weighted by Crippen LogP contribution is -2.34. The highest BCUT2D eigenvalue weighted by Gasteiger charge is 2.16. The number of hydrogen-bond acceptors (Lipinski definition) is 5. The van der Waals surface area contributed by atoms with Gasteiger partial charge in [0.1, 0.15) is 11.4 Å². The summed E-state index contributed by atoms with van der Waals surface area (Å²) in [6.07, 6.45) is 1.87. The molecule has 0 aliphatic heterocycles. The molecule has 0 unspecified atom stereocenters. The minimum Gasteiger partial charge on any atom is -0.493 e. The summed E-state index contributed by atoms with van der Waals surface area (Å²) in [4.78, 5) is 23.0. The van der Waals surface area contributed by atoms with Gasteiger partial charge >= 0.3 is 0 Å². The highest BCUT2D eigenvalue weighted by atomic mass is 32.1. The Morgan fingerprint density at radius 2 is 1.88 bits per heavy atom. The summed E-state index contributed by atoms with van der Waals surface area (Å²) >= 11 is 5.10. The zero-order valence-corrected chi connectivity index (χ0v) is 15.0. The van der Waals surface area contributed by atoms with Crippen molar-refractivity contribution in [3.8, 4) is 5.75 Å². The molecular formula is C18H19N3O4S. The van der Waals surface area contributed by atoms with Gasteiger partial charge in [0.25, 0.3) is 11.6 Å². The molecule has 2 aromatic carbocycles. The molecule has 0 saturated carbocycles. The molecular weight excluding hydrogens is 354 g/mol. The lowest BCUT2D eigenvalue weighted by atomic mass is 10.2. The van der Waals surface area contributed by atoms with Gasteiger partial charge in [-0.15, -0.1) is 0 Å². The van der Waals surface area contributed by atoms with Crippen molar-refractivity contribution in [1.82, 2.24) is 5.32 Å². The molecule has 0 aromatic heterocycles. The zero-order chi connectivity index (χ0) is 18.9. The van der Waals surface area contributed by atoms with Crippen LogP contribution in [-0.2, 0) is 0 Å². The number of ether oxygens (including phenoxy) is 1. The van der Waals surface area contributed by atoms with Gasteiger partial charge in [0.05, 0.1) is 17.1 Å². The smallest absolute Gasteiger partial charge is 0.292 e. The van der Waals surface area contributed by atoms with Crippen LogP contribution < -0.4 is 15.4 Å². The van der Waals surface area contributed by atoms with Gasteiger partial charge in [-0.1, -0.05) is 37.6 Å². The Balaban J connectivity index is 2.06. The van der Waals surface area contributed by atoms with Gasteiger partial charge in [-0.2, -0.15) is 0 Å². The number of anilines is 1. The quantitative estimate of drug-likeness (QED) is 0.331. The minimum absolute atomic E-state index is 0.0346. The third kappa shape index (κ3) is 5.25. The fraction of sp³-hybridized carbons (Fsp3) is 0.222. The molecule has 0 heterocycles. The molecule has 2 rings (SSSR count). The summed E-state index contributed by atoms with van der Waals surface area (Å²) in [7, 11) is 0. The third-order valence-corrected chi connectivity index (χ3v) is 3.67. The first-order valence-electron chi connectivity index (χ1n) is 8.10. The topological polar surface area (TPSA) is 93.5 Å². The summed E-state index contributed by atoms with van der Waals surface area (Å²) in [5.74, 6) is 0.0140. The number of benzene rings is 2. The van der Waals surface area contributed by atoms with Gasteiger partial charge in [0.2, 0.25) is 0 Å². The van der Waals surface area contributed by atoms with E-state index in [0.717, 1.165) is 12.8 Å². The van der Waals surface area contributed by atoms with E-state index in [2.05, 4.69) is 17.6 Å². The second-order valence-corrected chi connectivity index (χ2v) is 5.79. The molecule has 0 aliphatic carbocycles. The molecule has 0 saturated heterocycles. The number of carbonyl (C=O) groups excluding carboxylic acids is 1. The molecule has 0 atom stereocenters. The van der Waals surface area contributed by atoms with Crippen LogP contribution >= 0.6 is 12.2 Å². The molecule has 2 N–H and O–H groups in total. The zero-order valence-electron chi connectivity index (χ0n) is 14.2. The van der Waals surface area contributed by atoms with E-state index in [1.54, 1.807) is 36.4 Å². The van der Waals surface area contributed by atoms with Crippen LogP contribution in [0, 0.1) is 10.1 Å². The van der Waals surface area contributed by atoms with Crippen LogP contribution in [0.5, 0.6) is 5.75 Å². The number of nitrogens with one attached hydrogen (secondary N) is 2. The Labute approximate surface area is 156 Å². The average Bonchev–Trinajstić information content (AvgIpc) is 2.62. The maximum atomic E-state index is 12.5. The highest BCUT2D eigenvalue weighted by Crippen LogP contribution is 2.23. The molecule has 7 nitrogen and oxygen atoms in total. The first-order valence-corrected chi connectivity index (χ1v) is 8.51. The first-order chi connectivity index (χ1) is 12.5. The van der Waals surface area contributed by atoms with E-state index in [1.165, 1.54) is 12.1 Å². The van der Waals surface area contributed by atoms with Crippen molar-refractivity contribution in [2.75, 3.05) is 11.9 Å². The summed E-state index contributed by atoms with van der Waals surface area (Å²) in [5.41, 5.74) is 0.415. The van der Waals surface area contributed by atoms with Crippen LogP contribution in [0.25, 0.3) is 0 Å². The minimum atomic E-state index is -0.524. The summed E-state index contributed by atoms with van der Waals surface area (Å²) in [6, 6.07) is 12.9. The maximum Gasteiger partial charge on any atom is 0.292 e. The monoisotopic (exact) mass is 373 g/mol. The van der Waals surface area contributed by atoms with Crippen molar-refractivity contribution < 1.29 is 14.5 Å². The van der Waals surface area contributed by atoms with Crippen LogP contribution in [0.3, 0.4) is 0 Å². The van der Waals surface area contributed by atoms with Crippen molar-refractivity contribution in [1.29, 1.82) is 0 Å². The van der Waals surface area contributed by atoms with Crippen LogP contribution in [0.4, 0.5) is 11.4 Å². The molecule has 136 valence electrons. The molecule has 0 aliphatic rings. The lowest BCUT2D eigenvalue weighted by molar-refractivity contribution is -0.383. The number of unbranched alkanes of at least 4 members (excludes halogenated alkanes) is 1. The largest absolute Gasteiger partial charge is 0.493 e. The van der Waals surface area contributed by atoms with E-state index < -0.39 is 10.8 Å². The number of carbonyl (C=O) groups is 1. The molecule has 26 heavy (non-hydrogen) atoms. The van der Waals surface area contributed by atoms with Crippen LogP contribution in [0.2, 0.25) is 0 Å². The Hall–Kier alpha value is -3.00. The fourth-order valence-corrected chi connectivity index (χ4v) is 2.37. The summed E-state index contributed by atoms with van der Waals surface area (Å²) < 4.78 is 5.64. The van der Waals surface area contributed by atoms with E-state index in [-0.39, 0.29) is 16.5 Å². The molecule has 2 aromatic rings. The van der Waals surface area contributed by atoms with E-state index in [4.69, 9.17) is 17.0 Å². The van der Waals surface area contributed by atoms with Gasteiger partial charge in [-0.05, 0) is 36.8 Å². The SMILES string of the molecule is CCCCOc1ccccc1C(=O)NC(=S)Nc1ccccc1[N+](=O)[O-]. The summed E-state index contributed by atoms with van der Waals surface area (Å²) in [5, 5.41) is 16.2. The number of hydrogen-bond donors (Lipinski definition) is 2. The number of nitro benzene ring substituents is 1. The van der Waals surface area contributed by atoms with Crippen molar-refractivity contribution in [2.45, 2.75) is 19.8 Å². The van der Waals surface area contributed by atoms with E-state index in [1.807, 2.05) is 0 Å². The average molecular weight is 373 g/mol. The van der Waals surface area contributed by atoms with Crippen LogP contribution in [-0.4, -0.2) is 22.5 Å². The molecule has 0 radical (unpaired) electrons. The number of para-hydroxylation sites is 3. The summed E-state index contributed by atoms with van der Waals surface area (Å²) in [6.45, 7) is 2.56. The standard InChI is InChI=1S/C18H19N3O4S/c1-2-3-12-25-16-11-7-4-8-13(16)17(22)20-18(26)19-14-9-5-6-10-15(14)21(23)24/h4-11H,2-3,12H2,1H3,(H2,19,20,22,26). The highest BCUT2D eigenvalue weighted by molar-refractivity contribution is 7.80. The molecule has 1 amide bonds.